The van der Waals surface area contributed by atoms with Gasteiger partial charge in [-0.2, -0.15) is 0 Å². The second-order valence-electron chi connectivity index (χ2n) is 14.3. The van der Waals surface area contributed by atoms with E-state index in [1.807, 2.05) is 67.6 Å². The number of nitrogens with zero attached hydrogens (tertiary/aromatic N) is 4. The Labute approximate surface area is 319 Å². The van der Waals surface area contributed by atoms with E-state index < -0.39 is 5.92 Å². The molecular weight excluding hydrogens is 673 g/mol. The molecule has 2 aromatic heterocycles. The molecule has 0 aliphatic heterocycles. The Morgan fingerprint density at radius 2 is 1.29 bits per heavy atom. The highest BCUT2D eigenvalue weighted by Gasteiger charge is 2.34. The van der Waals surface area contributed by atoms with E-state index in [0.717, 1.165) is 66.9 Å². The summed E-state index contributed by atoms with van der Waals surface area (Å²) in [4.78, 5) is 29.8. The molecule has 1 aliphatic rings. The van der Waals surface area contributed by atoms with Gasteiger partial charge in [0.2, 0.25) is 0 Å². The van der Waals surface area contributed by atoms with Gasteiger partial charge in [-0.05, 0) is 77.2 Å². The molecule has 10 rings (SSSR count). The number of Topliss-reactive ketones (excluding diaryl/α,β-unsaturated/α-hetero) is 1. The summed E-state index contributed by atoms with van der Waals surface area (Å²) in [5.41, 5.74) is 13.0. The van der Waals surface area contributed by atoms with E-state index in [1.54, 1.807) is 0 Å². The maximum absolute atomic E-state index is 14.6. The van der Waals surface area contributed by atoms with Crippen LogP contribution in [-0.4, -0.2) is 26.0 Å². The number of aryl methyl sites for hydroxylation is 1. The zero-order chi connectivity index (χ0) is 36.9. The van der Waals surface area contributed by atoms with Gasteiger partial charge < -0.3 is 4.57 Å². The van der Waals surface area contributed by atoms with E-state index in [-0.39, 0.29) is 5.78 Å². The summed E-state index contributed by atoms with van der Waals surface area (Å²) >= 11 is 0. The minimum atomic E-state index is -0.475. The van der Waals surface area contributed by atoms with E-state index in [2.05, 4.69) is 114 Å². The molecule has 0 saturated carbocycles. The van der Waals surface area contributed by atoms with Crippen molar-refractivity contribution in [2.24, 2.45) is 4.99 Å². The Bertz CT molecular complexity index is 2960. The van der Waals surface area contributed by atoms with Gasteiger partial charge in [-0.1, -0.05) is 127 Å². The maximum Gasteiger partial charge on any atom is 0.185 e. The van der Waals surface area contributed by atoms with Crippen molar-refractivity contribution in [3.63, 3.8) is 0 Å². The topological polar surface area (TPSA) is 60.1 Å². The van der Waals surface area contributed by atoms with E-state index in [1.165, 1.54) is 16.3 Å². The molecule has 0 fully saturated rings. The number of carbonyl (C=O) groups excluding carboxylic acids is 1. The molecule has 55 heavy (non-hydrogen) atoms. The lowest BCUT2D eigenvalue weighted by Gasteiger charge is -2.26. The fraction of sp³-hybridized carbons (Fsp3) is 0.0800. The second-order valence-corrected chi connectivity index (χ2v) is 14.3. The van der Waals surface area contributed by atoms with Gasteiger partial charge in [0.1, 0.15) is 5.82 Å². The van der Waals surface area contributed by atoms with E-state index in [9.17, 15) is 4.79 Å². The predicted octanol–water partition coefficient (Wildman–Crippen LogP) is 11.6. The number of benzene rings is 7. The molecule has 7 aromatic carbocycles. The largest absolute Gasteiger partial charge is 0.309 e. The quantitative estimate of drug-likeness (QED) is 0.173. The van der Waals surface area contributed by atoms with Gasteiger partial charge >= 0.3 is 0 Å². The van der Waals surface area contributed by atoms with Crippen molar-refractivity contribution in [2.45, 2.75) is 25.7 Å². The Morgan fingerprint density at radius 3 is 2.13 bits per heavy atom. The van der Waals surface area contributed by atoms with Gasteiger partial charge in [-0.3, -0.25) is 4.79 Å². The average molecular weight is 709 g/mol. The summed E-state index contributed by atoms with van der Waals surface area (Å²) in [5, 5.41) is 3.40. The summed E-state index contributed by atoms with van der Waals surface area (Å²) in [6.07, 6.45) is 0.823. The molecule has 0 N–H and O–H groups in total. The van der Waals surface area contributed by atoms with Crippen molar-refractivity contribution < 1.29 is 4.79 Å². The van der Waals surface area contributed by atoms with Gasteiger partial charge in [0.05, 0.1) is 39.6 Å². The number of carbonyl (C=O) groups is 1. The van der Waals surface area contributed by atoms with Crippen LogP contribution in [0.3, 0.4) is 0 Å². The van der Waals surface area contributed by atoms with Gasteiger partial charge in [-0.25, -0.2) is 15.0 Å². The van der Waals surface area contributed by atoms with E-state index in [4.69, 9.17) is 15.0 Å². The standard InChI is InChI=1S/C50H36N4O/c1-32-14-8-11-21-43(32)51-45-30-36-28-34(35-25-27-47-41(29-35)39-19-10-13-23-46(39)54(47)37-17-6-3-7-18-37)24-26-38(36)42(50(45)55)31-48-52-44-22-12-9-20-40(44)49(53-48)33-15-4-2-5-16-33/h2-29,42H,30-31H2,1H3. The van der Waals surface area contributed by atoms with Crippen molar-refractivity contribution in [1.29, 1.82) is 0 Å². The Morgan fingerprint density at radius 1 is 0.618 bits per heavy atom. The van der Waals surface area contributed by atoms with Crippen LogP contribution in [0.5, 0.6) is 0 Å². The Hall–Kier alpha value is -6.98. The van der Waals surface area contributed by atoms with Crippen LogP contribution >= 0.6 is 0 Å². The molecule has 0 bridgehead atoms. The first-order valence-electron chi connectivity index (χ1n) is 18.8. The number of para-hydroxylation sites is 4. The van der Waals surface area contributed by atoms with Crippen LogP contribution in [-0.2, 0) is 17.6 Å². The van der Waals surface area contributed by atoms with Gasteiger partial charge in [0, 0.05) is 40.3 Å². The van der Waals surface area contributed by atoms with Crippen molar-refractivity contribution in [3.05, 3.63) is 192 Å². The highest BCUT2D eigenvalue weighted by atomic mass is 16.1. The van der Waals surface area contributed by atoms with Crippen molar-refractivity contribution >= 4 is 49.9 Å². The zero-order valence-electron chi connectivity index (χ0n) is 30.4. The fourth-order valence-electron chi connectivity index (χ4n) is 8.24. The monoisotopic (exact) mass is 708 g/mol. The lowest BCUT2D eigenvalue weighted by atomic mass is 9.77. The number of hydrogen-bond donors (Lipinski definition) is 0. The van der Waals surface area contributed by atoms with Crippen molar-refractivity contribution in [1.82, 2.24) is 14.5 Å². The van der Waals surface area contributed by atoms with Gasteiger partial charge in [0.15, 0.2) is 5.78 Å². The molecule has 0 saturated heterocycles. The summed E-state index contributed by atoms with van der Waals surface area (Å²) < 4.78 is 2.34. The second kappa shape index (κ2) is 13.5. The predicted molar refractivity (Wildman–Crippen MR) is 225 cm³/mol. The normalized spacial score (nSPS) is 14.9. The number of rotatable bonds is 6. The summed E-state index contributed by atoms with van der Waals surface area (Å²) in [5.74, 6) is 0.191. The lowest BCUT2D eigenvalue weighted by molar-refractivity contribution is -0.114. The third kappa shape index (κ3) is 5.81. The third-order valence-corrected chi connectivity index (χ3v) is 11.0. The molecule has 2 heterocycles. The van der Waals surface area contributed by atoms with Gasteiger partial charge in [0.25, 0.3) is 0 Å². The first kappa shape index (κ1) is 32.7. The SMILES string of the molecule is Cc1ccccc1N=C1Cc2cc(-c3ccc4c(c3)c3ccccc3n4-c3ccccc3)ccc2C(Cc2nc(-c3ccccc3)c3ccccc3n2)C1=O. The molecule has 1 unspecified atom stereocenters. The smallest absolute Gasteiger partial charge is 0.185 e. The average Bonchev–Trinajstić information content (AvgIpc) is 3.57. The molecule has 0 amide bonds. The highest BCUT2D eigenvalue weighted by molar-refractivity contribution is 6.43. The van der Waals surface area contributed by atoms with Crippen LogP contribution in [0.1, 0.15) is 28.4 Å². The molecule has 9 aromatic rings. The van der Waals surface area contributed by atoms with E-state index in [0.29, 0.717) is 24.4 Å². The molecule has 262 valence electrons. The summed E-state index contributed by atoms with van der Waals surface area (Å²) in [7, 11) is 0. The van der Waals surface area contributed by atoms with Crippen LogP contribution in [0.15, 0.2) is 175 Å². The minimum Gasteiger partial charge on any atom is -0.309 e. The highest BCUT2D eigenvalue weighted by Crippen LogP contribution is 2.38. The van der Waals surface area contributed by atoms with Crippen LogP contribution in [0, 0.1) is 6.92 Å². The van der Waals surface area contributed by atoms with Crippen LogP contribution in [0.4, 0.5) is 5.69 Å². The van der Waals surface area contributed by atoms with Gasteiger partial charge in [-0.15, -0.1) is 0 Å². The number of hydrogen-bond acceptors (Lipinski definition) is 4. The molecule has 0 radical (unpaired) electrons. The first-order chi connectivity index (χ1) is 27.1. The zero-order valence-corrected chi connectivity index (χ0v) is 30.4. The number of ketones is 1. The molecule has 0 spiro atoms. The first-order valence-corrected chi connectivity index (χ1v) is 18.8. The Kier molecular flexibility index (Phi) is 7.99. The minimum absolute atomic E-state index is 0.0247. The summed E-state index contributed by atoms with van der Waals surface area (Å²) in [6, 6.07) is 58.8. The van der Waals surface area contributed by atoms with E-state index >= 15 is 0 Å². The molecule has 5 nitrogen and oxygen atoms in total. The molecule has 1 atom stereocenters. The third-order valence-electron chi connectivity index (χ3n) is 11.0. The number of fused-ring (bicyclic) bond motifs is 5. The van der Waals surface area contributed by atoms with Crippen LogP contribution in [0.2, 0.25) is 0 Å². The molecule has 5 heteroatoms. The molecule has 1 aliphatic carbocycles. The van der Waals surface area contributed by atoms with Crippen LogP contribution in [0.25, 0.3) is 60.8 Å². The maximum atomic E-state index is 14.6. The van der Waals surface area contributed by atoms with Crippen molar-refractivity contribution in [3.8, 4) is 28.1 Å². The summed E-state index contributed by atoms with van der Waals surface area (Å²) in [6.45, 7) is 2.04. The number of aromatic nitrogens is 3. The van der Waals surface area contributed by atoms with Crippen molar-refractivity contribution in [2.75, 3.05) is 0 Å². The fourth-order valence-corrected chi connectivity index (χ4v) is 8.24. The lowest BCUT2D eigenvalue weighted by Crippen LogP contribution is -2.32. The molecular formula is C50H36N4O. The number of aliphatic imine (C=N–C) groups is 1. The van der Waals surface area contributed by atoms with Crippen LogP contribution < -0.4 is 0 Å². The Balaban J connectivity index is 1.10.